The Labute approximate surface area is 114 Å². The van der Waals surface area contributed by atoms with Crippen molar-refractivity contribution >= 4 is 0 Å². The van der Waals surface area contributed by atoms with Gasteiger partial charge in [-0.2, -0.15) is 8.78 Å². The SMILES string of the molecule is FC(F)n1ccnc1Cn1cc(CNCC2CC2)nn1. The van der Waals surface area contributed by atoms with Crippen LogP contribution in [0.5, 0.6) is 0 Å². The molecular weight excluding hydrogens is 266 g/mol. The highest BCUT2D eigenvalue weighted by molar-refractivity contribution is 4.97. The molecular formula is C12H16F2N6. The third kappa shape index (κ3) is 3.19. The number of alkyl halides is 2. The zero-order chi connectivity index (χ0) is 13.9. The zero-order valence-electron chi connectivity index (χ0n) is 10.9. The predicted molar refractivity (Wildman–Crippen MR) is 67.0 cm³/mol. The maximum absolute atomic E-state index is 12.7. The molecule has 0 aliphatic heterocycles. The summed E-state index contributed by atoms with van der Waals surface area (Å²) in [5.74, 6) is 1.07. The molecule has 0 atom stereocenters. The Hall–Kier alpha value is -1.83. The van der Waals surface area contributed by atoms with Crippen molar-refractivity contribution in [1.29, 1.82) is 0 Å². The van der Waals surface area contributed by atoms with E-state index in [1.165, 1.54) is 29.9 Å². The molecule has 0 amide bonds. The third-order valence-electron chi connectivity index (χ3n) is 3.28. The molecule has 108 valence electrons. The summed E-state index contributed by atoms with van der Waals surface area (Å²) in [6.07, 6.45) is 6.97. The monoisotopic (exact) mass is 282 g/mol. The van der Waals surface area contributed by atoms with Crippen molar-refractivity contribution in [2.24, 2.45) is 5.92 Å². The van der Waals surface area contributed by atoms with Gasteiger partial charge in [-0.3, -0.25) is 4.57 Å². The Morgan fingerprint density at radius 1 is 1.40 bits per heavy atom. The minimum absolute atomic E-state index is 0.187. The number of imidazole rings is 1. The van der Waals surface area contributed by atoms with E-state index in [1.54, 1.807) is 6.20 Å². The van der Waals surface area contributed by atoms with Crippen LogP contribution < -0.4 is 5.32 Å². The van der Waals surface area contributed by atoms with Crippen molar-refractivity contribution < 1.29 is 8.78 Å². The second-order valence-corrected chi connectivity index (χ2v) is 5.01. The molecule has 0 unspecified atom stereocenters. The topological polar surface area (TPSA) is 60.6 Å². The molecule has 0 saturated heterocycles. The van der Waals surface area contributed by atoms with Crippen LogP contribution >= 0.6 is 0 Å². The third-order valence-corrected chi connectivity index (χ3v) is 3.28. The van der Waals surface area contributed by atoms with Gasteiger partial charge in [0.2, 0.25) is 0 Å². The largest absolute Gasteiger partial charge is 0.319 e. The molecule has 2 heterocycles. The number of hydrogen-bond acceptors (Lipinski definition) is 4. The van der Waals surface area contributed by atoms with Gasteiger partial charge in [-0.25, -0.2) is 9.67 Å². The lowest BCUT2D eigenvalue weighted by atomic mass is 10.4. The maximum Gasteiger partial charge on any atom is 0.319 e. The van der Waals surface area contributed by atoms with Crippen molar-refractivity contribution in [1.82, 2.24) is 29.9 Å². The maximum atomic E-state index is 12.7. The summed E-state index contributed by atoms with van der Waals surface area (Å²) in [5.41, 5.74) is 0.806. The number of nitrogens with one attached hydrogen (secondary N) is 1. The Morgan fingerprint density at radius 3 is 3.00 bits per heavy atom. The van der Waals surface area contributed by atoms with E-state index in [0.717, 1.165) is 22.7 Å². The summed E-state index contributed by atoms with van der Waals surface area (Å²) in [6, 6.07) is 0. The zero-order valence-corrected chi connectivity index (χ0v) is 10.9. The summed E-state index contributed by atoms with van der Waals surface area (Å²) in [7, 11) is 0. The highest BCUT2D eigenvalue weighted by Gasteiger charge is 2.20. The van der Waals surface area contributed by atoms with Crippen molar-refractivity contribution in [3.63, 3.8) is 0 Å². The fourth-order valence-corrected chi connectivity index (χ4v) is 2.01. The van der Waals surface area contributed by atoms with Crippen molar-refractivity contribution in [2.75, 3.05) is 6.54 Å². The molecule has 2 aromatic rings. The van der Waals surface area contributed by atoms with Crippen LogP contribution in [0.15, 0.2) is 18.6 Å². The van der Waals surface area contributed by atoms with Gasteiger partial charge in [0.15, 0.2) is 0 Å². The van der Waals surface area contributed by atoms with E-state index < -0.39 is 6.55 Å². The lowest BCUT2D eigenvalue weighted by molar-refractivity contribution is 0.0665. The molecule has 3 rings (SSSR count). The van der Waals surface area contributed by atoms with E-state index in [2.05, 4.69) is 20.6 Å². The van der Waals surface area contributed by atoms with Gasteiger partial charge in [-0.05, 0) is 25.3 Å². The van der Waals surface area contributed by atoms with Crippen molar-refractivity contribution in [3.05, 3.63) is 30.1 Å². The molecule has 0 radical (unpaired) electrons. The first-order chi connectivity index (χ1) is 9.72. The minimum Gasteiger partial charge on any atom is -0.311 e. The van der Waals surface area contributed by atoms with Gasteiger partial charge < -0.3 is 5.32 Å². The summed E-state index contributed by atoms with van der Waals surface area (Å²) < 4.78 is 27.7. The van der Waals surface area contributed by atoms with Gasteiger partial charge >= 0.3 is 6.55 Å². The van der Waals surface area contributed by atoms with Gasteiger partial charge in [-0.15, -0.1) is 5.10 Å². The van der Waals surface area contributed by atoms with Crippen molar-refractivity contribution in [2.45, 2.75) is 32.5 Å². The van der Waals surface area contributed by atoms with Crippen LogP contribution in [0, 0.1) is 5.92 Å². The minimum atomic E-state index is -2.59. The quantitative estimate of drug-likeness (QED) is 0.834. The molecule has 0 bridgehead atoms. The average molecular weight is 282 g/mol. The molecule has 0 aromatic carbocycles. The summed E-state index contributed by atoms with van der Waals surface area (Å²) in [6.45, 7) is -0.745. The molecule has 2 aromatic heterocycles. The molecule has 1 N–H and O–H groups in total. The summed E-state index contributed by atoms with van der Waals surface area (Å²) in [5, 5.41) is 11.3. The Morgan fingerprint density at radius 2 is 2.25 bits per heavy atom. The van der Waals surface area contributed by atoms with E-state index in [9.17, 15) is 8.78 Å². The van der Waals surface area contributed by atoms with Crippen LogP contribution in [0.25, 0.3) is 0 Å². The number of hydrogen-bond donors (Lipinski definition) is 1. The van der Waals surface area contributed by atoms with Crippen LogP contribution in [0.4, 0.5) is 8.78 Å². The highest BCUT2D eigenvalue weighted by Crippen LogP contribution is 2.27. The van der Waals surface area contributed by atoms with Crippen LogP contribution in [0.2, 0.25) is 0 Å². The normalized spacial score (nSPS) is 15.2. The molecule has 20 heavy (non-hydrogen) atoms. The molecule has 6 nitrogen and oxygen atoms in total. The number of halogens is 2. The number of rotatable bonds is 7. The van der Waals surface area contributed by atoms with Crippen LogP contribution in [-0.2, 0) is 13.1 Å². The van der Waals surface area contributed by atoms with Crippen LogP contribution in [0.3, 0.4) is 0 Å². The lowest BCUT2D eigenvalue weighted by Crippen LogP contribution is -2.16. The van der Waals surface area contributed by atoms with E-state index in [0.29, 0.717) is 6.54 Å². The van der Waals surface area contributed by atoms with Gasteiger partial charge in [0, 0.05) is 18.9 Å². The molecule has 1 aliphatic carbocycles. The van der Waals surface area contributed by atoms with Crippen LogP contribution in [-0.4, -0.2) is 31.1 Å². The van der Waals surface area contributed by atoms with E-state index >= 15 is 0 Å². The molecule has 8 heteroatoms. The number of nitrogens with zero attached hydrogens (tertiary/aromatic N) is 5. The fraction of sp³-hybridized carbons (Fsp3) is 0.583. The van der Waals surface area contributed by atoms with E-state index in [-0.39, 0.29) is 12.4 Å². The summed E-state index contributed by atoms with van der Waals surface area (Å²) in [4.78, 5) is 3.91. The van der Waals surface area contributed by atoms with Crippen LogP contribution in [0.1, 0.15) is 30.9 Å². The van der Waals surface area contributed by atoms with Gasteiger partial charge in [0.05, 0.1) is 11.9 Å². The predicted octanol–water partition coefficient (Wildman–Crippen LogP) is 1.42. The van der Waals surface area contributed by atoms with E-state index in [1.807, 2.05) is 0 Å². The number of aromatic nitrogens is 5. The average Bonchev–Trinajstić information content (AvgIpc) is 2.94. The fourth-order valence-electron chi connectivity index (χ4n) is 2.01. The van der Waals surface area contributed by atoms with E-state index in [4.69, 9.17) is 0 Å². The molecule has 1 fully saturated rings. The first-order valence-corrected chi connectivity index (χ1v) is 6.62. The molecule has 1 aliphatic rings. The van der Waals surface area contributed by atoms with Crippen molar-refractivity contribution in [3.8, 4) is 0 Å². The van der Waals surface area contributed by atoms with Gasteiger partial charge in [0.1, 0.15) is 12.4 Å². The molecule has 1 saturated carbocycles. The molecule has 0 spiro atoms. The summed E-state index contributed by atoms with van der Waals surface area (Å²) >= 11 is 0. The smallest absolute Gasteiger partial charge is 0.311 e. The second kappa shape index (κ2) is 5.66. The second-order valence-electron chi connectivity index (χ2n) is 5.01. The van der Waals surface area contributed by atoms with Gasteiger partial charge in [-0.1, -0.05) is 5.21 Å². The Kier molecular flexibility index (Phi) is 3.72. The Bertz CT molecular complexity index is 560. The first kappa shape index (κ1) is 13.2. The van der Waals surface area contributed by atoms with Gasteiger partial charge in [0.25, 0.3) is 0 Å². The Balaban J connectivity index is 1.57. The highest BCUT2D eigenvalue weighted by atomic mass is 19.3. The lowest BCUT2D eigenvalue weighted by Gasteiger charge is -2.05. The standard InChI is InChI=1S/C12H16F2N6/c13-12(14)20-4-3-16-11(20)8-19-7-10(17-18-19)6-15-5-9-1-2-9/h3-4,7,9,12,15H,1-2,5-6,8H2. The first-order valence-electron chi connectivity index (χ1n) is 6.62.